The van der Waals surface area contributed by atoms with Crippen LogP contribution in [-0.4, -0.2) is 29.6 Å². The Morgan fingerprint density at radius 3 is 1.71 bits per heavy atom. The first-order valence-electron chi connectivity index (χ1n) is 17.6. The zero-order valence-electron chi connectivity index (χ0n) is 30.4. The quantitative estimate of drug-likeness (QED) is 0.156. The number of hydrogen-bond acceptors (Lipinski definition) is 7. The van der Waals surface area contributed by atoms with Gasteiger partial charge >= 0.3 is 0 Å². The van der Waals surface area contributed by atoms with Crippen molar-refractivity contribution in [2.45, 2.75) is 54.6 Å². The fourth-order valence-corrected chi connectivity index (χ4v) is 6.92. The topological polar surface area (TPSA) is 155 Å². The number of benzene rings is 4. The molecular formula is C45H48N8O3. The minimum Gasteiger partial charge on any atom is -0.381 e. The van der Waals surface area contributed by atoms with Gasteiger partial charge in [-0.2, -0.15) is 0 Å². The van der Waals surface area contributed by atoms with Crippen LogP contribution in [0.1, 0.15) is 73.7 Å². The van der Waals surface area contributed by atoms with Crippen LogP contribution in [0.4, 0.5) is 5.82 Å². The summed E-state index contributed by atoms with van der Waals surface area (Å²) in [5, 5.41) is 10.3. The number of para-hydroxylation sites is 2. The molecule has 0 saturated heterocycles. The van der Waals surface area contributed by atoms with Gasteiger partial charge in [0.15, 0.2) is 11.5 Å². The summed E-state index contributed by atoms with van der Waals surface area (Å²) in [5.74, 6) is -0.321. The highest BCUT2D eigenvalue weighted by atomic mass is 16.2. The van der Waals surface area contributed by atoms with Crippen LogP contribution in [0.15, 0.2) is 137 Å². The van der Waals surface area contributed by atoms with E-state index in [0.29, 0.717) is 16.7 Å². The van der Waals surface area contributed by atoms with Crippen LogP contribution in [0, 0.1) is 13.8 Å². The Morgan fingerprint density at radius 1 is 0.696 bits per heavy atom. The summed E-state index contributed by atoms with van der Waals surface area (Å²) in [6.07, 6.45) is 3.26. The van der Waals surface area contributed by atoms with Crippen molar-refractivity contribution in [3.63, 3.8) is 0 Å². The number of anilines is 1. The lowest BCUT2D eigenvalue weighted by Crippen LogP contribution is -2.32. The average Bonchev–Trinajstić information content (AvgIpc) is 3.51. The number of carbonyl (C=O) groups excluding carboxylic acids is 1. The number of carbonyl (C=O) groups is 1. The van der Waals surface area contributed by atoms with Gasteiger partial charge in [0.2, 0.25) is 0 Å². The number of nitrogens with zero attached hydrogens (tertiary/aromatic N) is 5. The second kappa shape index (κ2) is 16.7. The zero-order chi connectivity index (χ0) is 38.1. The van der Waals surface area contributed by atoms with Crippen LogP contribution < -0.4 is 27.9 Å². The number of nitrogens with one attached hydrogen (secondary N) is 1. The largest absolute Gasteiger partial charge is 0.381 e. The molecule has 0 bridgehead atoms. The molecule has 1 amide bonds. The standard InChI is InChI=1S/C25H22N6O2.C18H18N2O.2CH4/c1-15-8-6-9-17-14-19(31(25(33)20(15)17)18-10-4-3-5-11-18)16(2)28-24(32)21-22(26)29-30-13-7-12-27-23(21)30;1-12-7-6-8-14-11-16(13(2)19)20(18(21)17(12)14)15-9-4-3-5-10-15;;/h3-14,16H,1-2H3,(H2,26,29)(H,28,32);3-11,13H,19H2,1-2H3;2*1H4/t16-;13-;;/m00../s1. The molecule has 0 aliphatic rings. The Balaban J connectivity index is 0.000000227. The number of amides is 1. The number of fused-ring (bicyclic) bond motifs is 3. The summed E-state index contributed by atoms with van der Waals surface area (Å²) in [5.41, 5.74) is 17.5. The second-order valence-corrected chi connectivity index (χ2v) is 13.3. The van der Waals surface area contributed by atoms with Gasteiger partial charge in [-0.1, -0.05) is 87.6 Å². The van der Waals surface area contributed by atoms with Crippen molar-refractivity contribution in [3.8, 4) is 11.4 Å². The SMILES string of the molecule is C.C.Cc1cccc2cc([C@H](C)N)n(-c3ccccc3)c(=O)c12.Cc1cccc2cc([C@H](C)NC(=O)c3c(N)nn4cccnc34)n(-c3ccccc3)c(=O)c12. The van der Waals surface area contributed by atoms with Gasteiger partial charge < -0.3 is 16.8 Å². The molecule has 4 aromatic carbocycles. The van der Waals surface area contributed by atoms with Crippen LogP contribution in [0.5, 0.6) is 0 Å². The van der Waals surface area contributed by atoms with E-state index < -0.39 is 11.9 Å². The lowest BCUT2D eigenvalue weighted by atomic mass is 10.0. The van der Waals surface area contributed by atoms with Crippen molar-refractivity contribution in [1.82, 2.24) is 29.0 Å². The summed E-state index contributed by atoms with van der Waals surface area (Å²) >= 11 is 0. The smallest absolute Gasteiger partial charge is 0.263 e. The molecule has 0 fully saturated rings. The van der Waals surface area contributed by atoms with E-state index in [9.17, 15) is 14.4 Å². The van der Waals surface area contributed by atoms with Crippen LogP contribution in [0.3, 0.4) is 0 Å². The van der Waals surface area contributed by atoms with Gasteiger partial charge in [-0.15, -0.1) is 5.10 Å². The van der Waals surface area contributed by atoms with Crippen molar-refractivity contribution in [2.24, 2.45) is 5.73 Å². The normalized spacial score (nSPS) is 11.9. The van der Waals surface area contributed by atoms with Crippen molar-refractivity contribution in [2.75, 3.05) is 5.73 Å². The highest BCUT2D eigenvalue weighted by Gasteiger charge is 2.24. The summed E-state index contributed by atoms with van der Waals surface area (Å²) in [6, 6.07) is 35.6. The van der Waals surface area contributed by atoms with Crippen LogP contribution in [0.2, 0.25) is 0 Å². The molecule has 0 aliphatic heterocycles. The maximum absolute atomic E-state index is 13.6. The molecule has 56 heavy (non-hydrogen) atoms. The maximum atomic E-state index is 13.6. The predicted molar refractivity (Wildman–Crippen MR) is 228 cm³/mol. The molecule has 4 aromatic heterocycles. The number of rotatable bonds is 6. The molecule has 0 radical (unpaired) electrons. The molecule has 2 atom stereocenters. The molecule has 0 aliphatic carbocycles. The molecule has 0 saturated carbocycles. The molecule has 4 heterocycles. The Kier molecular flexibility index (Phi) is 12.0. The number of nitrogens with two attached hydrogens (primary N) is 2. The predicted octanol–water partition coefficient (Wildman–Crippen LogP) is 8.01. The molecule has 5 N–H and O–H groups in total. The minimum absolute atomic E-state index is 0. The first kappa shape index (κ1) is 40.3. The summed E-state index contributed by atoms with van der Waals surface area (Å²) in [7, 11) is 0. The monoisotopic (exact) mass is 748 g/mol. The van der Waals surface area contributed by atoms with Crippen LogP contribution in [-0.2, 0) is 0 Å². The Hall–Kier alpha value is -6.85. The van der Waals surface area contributed by atoms with Crippen molar-refractivity contribution >= 4 is 38.9 Å². The highest BCUT2D eigenvalue weighted by molar-refractivity contribution is 6.04. The third kappa shape index (κ3) is 7.44. The van der Waals surface area contributed by atoms with Crippen molar-refractivity contribution in [3.05, 3.63) is 176 Å². The fourth-order valence-electron chi connectivity index (χ4n) is 6.92. The average molecular weight is 749 g/mol. The number of hydrogen-bond donors (Lipinski definition) is 3. The van der Waals surface area contributed by atoms with Gasteiger partial charge in [-0.3, -0.25) is 23.5 Å². The highest BCUT2D eigenvalue weighted by Crippen LogP contribution is 2.25. The summed E-state index contributed by atoms with van der Waals surface area (Å²) < 4.78 is 4.84. The van der Waals surface area contributed by atoms with Gasteiger partial charge in [0.25, 0.3) is 17.0 Å². The molecule has 11 nitrogen and oxygen atoms in total. The Labute approximate surface area is 325 Å². The van der Waals surface area contributed by atoms with Gasteiger partial charge in [-0.05, 0) is 92.1 Å². The third-order valence-electron chi connectivity index (χ3n) is 9.50. The Bertz CT molecular complexity index is 2790. The van der Waals surface area contributed by atoms with E-state index >= 15 is 0 Å². The van der Waals surface area contributed by atoms with E-state index in [0.717, 1.165) is 44.4 Å². The van der Waals surface area contributed by atoms with Gasteiger partial charge in [-0.25, -0.2) is 9.50 Å². The van der Waals surface area contributed by atoms with Crippen LogP contribution in [0.25, 0.3) is 38.6 Å². The first-order chi connectivity index (χ1) is 26.0. The van der Waals surface area contributed by atoms with Crippen molar-refractivity contribution in [1.29, 1.82) is 0 Å². The fraction of sp³-hybridized carbons (Fsp3) is 0.178. The van der Waals surface area contributed by atoms with Gasteiger partial charge in [0.05, 0.1) is 16.8 Å². The number of pyridine rings is 2. The molecule has 286 valence electrons. The molecule has 11 heteroatoms. The molecule has 8 aromatic rings. The lowest BCUT2D eigenvalue weighted by Gasteiger charge is -2.21. The first-order valence-corrected chi connectivity index (χ1v) is 17.6. The maximum Gasteiger partial charge on any atom is 0.263 e. The molecule has 0 unspecified atom stereocenters. The lowest BCUT2D eigenvalue weighted by molar-refractivity contribution is 0.0941. The van der Waals surface area contributed by atoms with Gasteiger partial charge in [0, 0.05) is 41.2 Å². The third-order valence-corrected chi connectivity index (χ3v) is 9.50. The van der Waals surface area contributed by atoms with E-state index in [-0.39, 0.29) is 43.4 Å². The number of aryl methyl sites for hydroxylation is 2. The Morgan fingerprint density at radius 2 is 1.20 bits per heavy atom. The van der Waals surface area contributed by atoms with E-state index in [2.05, 4.69) is 15.4 Å². The van der Waals surface area contributed by atoms with E-state index in [4.69, 9.17) is 11.5 Å². The summed E-state index contributed by atoms with van der Waals surface area (Å²) in [4.78, 5) is 44.0. The molecular weight excluding hydrogens is 701 g/mol. The van der Waals surface area contributed by atoms with E-state index in [1.807, 2.05) is 137 Å². The van der Waals surface area contributed by atoms with Crippen LogP contribution >= 0.6 is 0 Å². The second-order valence-electron chi connectivity index (χ2n) is 13.3. The van der Waals surface area contributed by atoms with Crippen molar-refractivity contribution < 1.29 is 4.79 Å². The zero-order valence-corrected chi connectivity index (χ0v) is 30.4. The summed E-state index contributed by atoms with van der Waals surface area (Å²) in [6.45, 7) is 7.62. The van der Waals surface area contributed by atoms with E-state index in [1.165, 1.54) is 4.52 Å². The molecule has 0 spiro atoms. The van der Waals surface area contributed by atoms with E-state index in [1.54, 1.807) is 27.6 Å². The number of nitrogen functional groups attached to an aromatic ring is 1. The number of aromatic nitrogens is 5. The molecule has 8 rings (SSSR count). The minimum atomic E-state index is -0.506. The van der Waals surface area contributed by atoms with Gasteiger partial charge in [0.1, 0.15) is 5.56 Å².